The zero-order valence-corrected chi connectivity index (χ0v) is 20.1. The topological polar surface area (TPSA) is 79.2 Å². The number of hydrogen-bond acceptors (Lipinski definition) is 5. The monoisotopic (exact) mass is 512 g/mol. The Balaban J connectivity index is 1.37. The van der Waals surface area contributed by atoms with Gasteiger partial charge in [-0.25, -0.2) is 22.5 Å². The summed E-state index contributed by atoms with van der Waals surface area (Å²) in [6.07, 6.45) is 0. The first-order valence-corrected chi connectivity index (χ1v) is 11.4. The van der Waals surface area contributed by atoms with E-state index in [-0.39, 0.29) is 11.4 Å². The van der Waals surface area contributed by atoms with Crippen molar-refractivity contribution in [3.05, 3.63) is 106 Å². The van der Waals surface area contributed by atoms with E-state index >= 15 is 0 Å². The van der Waals surface area contributed by atoms with Gasteiger partial charge >= 0.3 is 0 Å². The number of rotatable bonds is 9. The fourth-order valence-corrected chi connectivity index (χ4v) is 3.74. The standard InChI is InChI=1S/C27H24F4N4O2/c1-15-25(35-27(37-15)16-5-7-19(28)8-6-16)14-33-12-18-4-3-17(9-24(18)32-2)26(36)34-13-21-22(30)10-20(29)11-23(21)31/h3-11,32-33H,12-14H2,1-2H3,(H,34,36). The van der Waals surface area contributed by atoms with Crippen LogP contribution in [0.25, 0.3) is 11.5 Å². The van der Waals surface area contributed by atoms with Crippen LogP contribution in [0.5, 0.6) is 0 Å². The van der Waals surface area contributed by atoms with Crippen molar-refractivity contribution in [1.29, 1.82) is 0 Å². The van der Waals surface area contributed by atoms with Crippen LogP contribution in [0.2, 0.25) is 0 Å². The van der Waals surface area contributed by atoms with Gasteiger partial charge in [0, 0.05) is 61.2 Å². The third-order valence-corrected chi connectivity index (χ3v) is 5.76. The first-order valence-electron chi connectivity index (χ1n) is 11.4. The third-order valence-electron chi connectivity index (χ3n) is 5.76. The lowest BCUT2D eigenvalue weighted by Gasteiger charge is -2.13. The number of hydrogen-bond donors (Lipinski definition) is 3. The number of oxazole rings is 1. The van der Waals surface area contributed by atoms with Crippen LogP contribution in [0.1, 0.15) is 32.9 Å². The fraction of sp³-hybridized carbons (Fsp3) is 0.185. The van der Waals surface area contributed by atoms with Gasteiger partial charge in [0.2, 0.25) is 5.89 Å². The number of anilines is 1. The summed E-state index contributed by atoms with van der Waals surface area (Å²) >= 11 is 0. The van der Waals surface area contributed by atoms with Gasteiger partial charge in [0.05, 0.1) is 5.69 Å². The Labute approximate surface area is 210 Å². The highest BCUT2D eigenvalue weighted by molar-refractivity contribution is 5.95. The van der Waals surface area contributed by atoms with Crippen LogP contribution >= 0.6 is 0 Å². The second-order valence-electron chi connectivity index (χ2n) is 8.28. The number of carbonyl (C=O) groups excluding carboxylic acids is 1. The van der Waals surface area contributed by atoms with Crippen LogP contribution in [-0.4, -0.2) is 17.9 Å². The van der Waals surface area contributed by atoms with Gasteiger partial charge in [-0.05, 0) is 48.9 Å². The maximum absolute atomic E-state index is 13.8. The molecule has 0 bridgehead atoms. The molecule has 4 rings (SSSR count). The fourth-order valence-electron chi connectivity index (χ4n) is 3.74. The molecule has 0 aliphatic carbocycles. The second kappa shape index (κ2) is 11.3. The van der Waals surface area contributed by atoms with Crippen molar-refractivity contribution >= 4 is 11.6 Å². The van der Waals surface area contributed by atoms with E-state index in [2.05, 4.69) is 20.9 Å². The van der Waals surface area contributed by atoms with Gasteiger partial charge in [-0.15, -0.1) is 0 Å². The van der Waals surface area contributed by atoms with E-state index in [1.165, 1.54) is 12.1 Å². The molecule has 37 heavy (non-hydrogen) atoms. The zero-order valence-electron chi connectivity index (χ0n) is 20.1. The molecule has 10 heteroatoms. The summed E-state index contributed by atoms with van der Waals surface area (Å²) < 4.78 is 59.6. The summed E-state index contributed by atoms with van der Waals surface area (Å²) in [5.41, 5.74) is 2.80. The van der Waals surface area contributed by atoms with Gasteiger partial charge in [0.1, 0.15) is 29.0 Å². The van der Waals surface area contributed by atoms with Crippen LogP contribution in [0.15, 0.2) is 59.0 Å². The summed E-state index contributed by atoms with van der Waals surface area (Å²) in [7, 11) is 1.71. The van der Waals surface area contributed by atoms with Crippen molar-refractivity contribution in [3.63, 3.8) is 0 Å². The number of aryl methyl sites for hydroxylation is 1. The van der Waals surface area contributed by atoms with Gasteiger partial charge in [-0.1, -0.05) is 6.07 Å². The van der Waals surface area contributed by atoms with Crippen molar-refractivity contribution in [1.82, 2.24) is 15.6 Å². The first kappa shape index (κ1) is 25.9. The SMILES string of the molecule is CNc1cc(C(=O)NCc2c(F)cc(F)cc2F)ccc1CNCc1nc(-c2ccc(F)cc2)oc1C. The molecule has 192 valence electrons. The Morgan fingerprint density at radius 1 is 0.892 bits per heavy atom. The van der Waals surface area contributed by atoms with Crippen molar-refractivity contribution in [3.8, 4) is 11.5 Å². The van der Waals surface area contributed by atoms with Crippen LogP contribution < -0.4 is 16.0 Å². The van der Waals surface area contributed by atoms with Crippen LogP contribution in [0.3, 0.4) is 0 Å². The molecule has 0 saturated heterocycles. The van der Waals surface area contributed by atoms with Crippen molar-refractivity contribution < 1.29 is 26.8 Å². The maximum atomic E-state index is 13.8. The highest BCUT2D eigenvalue weighted by Crippen LogP contribution is 2.23. The van der Waals surface area contributed by atoms with Crippen molar-refractivity contribution in [2.45, 2.75) is 26.6 Å². The lowest BCUT2D eigenvalue weighted by molar-refractivity contribution is 0.0950. The molecule has 6 nitrogen and oxygen atoms in total. The molecule has 0 radical (unpaired) electrons. The minimum atomic E-state index is -1.07. The predicted octanol–water partition coefficient (Wildman–Crippen LogP) is 5.47. The Hall–Kier alpha value is -4.18. The summed E-state index contributed by atoms with van der Waals surface area (Å²) in [6, 6.07) is 12.0. The average molecular weight is 513 g/mol. The van der Waals surface area contributed by atoms with Crippen LogP contribution in [-0.2, 0) is 19.6 Å². The lowest BCUT2D eigenvalue weighted by atomic mass is 10.1. The Morgan fingerprint density at radius 3 is 2.27 bits per heavy atom. The van der Waals surface area contributed by atoms with Gasteiger partial charge in [0.25, 0.3) is 5.91 Å². The number of aromatic nitrogens is 1. The predicted molar refractivity (Wildman–Crippen MR) is 131 cm³/mol. The quantitative estimate of drug-likeness (QED) is 0.259. The van der Waals surface area contributed by atoms with E-state index in [9.17, 15) is 22.4 Å². The minimum Gasteiger partial charge on any atom is -0.441 e. The molecule has 3 aromatic carbocycles. The third kappa shape index (κ3) is 6.15. The highest BCUT2D eigenvalue weighted by Gasteiger charge is 2.15. The smallest absolute Gasteiger partial charge is 0.251 e. The average Bonchev–Trinajstić information content (AvgIpc) is 3.24. The molecule has 3 N–H and O–H groups in total. The van der Waals surface area contributed by atoms with E-state index < -0.39 is 35.5 Å². The van der Waals surface area contributed by atoms with Gasteiger partial charge in [0.15, 0.2) is 0 Å². The Kier molecular flexibility index (Phi) is 7.88. The molecular weight excluding hydrogens is 488 g/mol. The summed E-state index contributed by atoms with van der Waals surface area (Å²) in [5, 5.41) is 8.77. The molecule has 0 atom stereocenters. The van der Waals surface area contributed by atoms with Gasteiger partial charge < -0.3 is 20.4 Å². The highest BCUT2D eigenvalue weighted by atomic mass is 19.1. The lowest BCUT2D eigenvalue weighted by Crippen LogP contribution is -2.24. The molecule has 1 heterocycles. The molecule has 4 aromatic rings. The molecule has 0 aliphatic rings. The molecule has 0 saturated carbocycles. The Bertz CT molecular complexity index is 1400. The molecule has 0 fully saturated rings. The summed E-state index contributed by atoms with van der Waals surface area (Å²) in [5.74, 6) is -2.99. The van der Waals surface area contributed by atoms with Crippen LogP contribution in [0.4, 0.5) is 23.2 Å². The molecular formula is C27H24F4N4O2. The van der Waals surface area contributed by atoms with E-state index in [1.54, 1.807) is 44.3 Å². The molecule has 1 aromatic heterocycles. The zero-order chi connectivity index (χ0) is 26.5. The van der Waals surface area contributed by atoms with E-state index in [4.69, 9.17) is 4.42 Å². The summed E-state index contributed by atoms with van der Waals surface area (Å²) in [4.78, 5) is 17.0. The second-order valence-corrected chi connectivity index (χ2v) is 8.28. The minimum absolute atomic E-state index is 0.285. The number of benzene rings is 3. The van der Waals surface area contributed by atoms with E-state index in [0.29, 0.717) is 53.8 Å². The number of nitrogens with zero attached hydrogens (tertiary/aromatic N) is 1. The first-order chi connectivity index (χ1) is 17.7. The molecule has 0 spiro atoms. The van der Waals surface area contributed by atoms with Gasteiger partial charge in [-0.3, -0.25) is 4.79 Å². The Morgan fingerprint density at radius 2 is 1.59 bits per heavy atom. The van der Waals surface area contributed by atoms with E-state index in [0.717, 1.165) is 5.56 Å². The summed E-state index contributed by atoms with van der Waals surface area (Å²) in [6.45, 7) is 2.23. The maximum Gasteiger partial charge on any atom is 0.251 e. The van der Waals surface area contributed by atoms with Crippen LogP contribution in [0, 0.1) is 30.2 Å². The number of amides is 1. The molecule has 1 amide bonds. The van der Waals surface area contributed by atoms with E-state index in [1.807, 2.05) is 0 Å². The van der Waals surface area contributed by atoms with Gasteiger partial charge in [-0.2, -0.15) is 0 Å². The van der Waals surface area contributed by atoms with Crippen molar-refractivity contribution in [2.75, 3.05) is 12.4 Å². The number of carbonyl (C=O) groups is 1. The number of nitrogens with one attached hydrogen (secondary N) is 3. The largest absolute Gasteiger partial charge is 0.441 e. The normalized spacial score (nSPS) is 11.0. The molecule has 0 aliphatic heterocycles. The number of halogens is 4. The molecule has 0 unspecified atom stereocenters. The van der Waals surface area contributed by atoms with Crippen molar-refractivity contribution in [2.24, 2.45) is 0 Å².